The zero-order valence-corrected chi connectivity index (χ0v) is 12.9. The van der Waals surface area contributed by atoms with E-state index in [4.69, 9.17) is 0 Å². The molecule has 0 fully saturated rings. The Balaban J connectivity index is 2.68. The predicted octanol–water partition coefficient (Wildman–Crippen LogP) is 0.912. The molecule has 0 aliphatic heterocycles. The Labute approximate surface area is 115 Å². The van der Waals surface area contributed by atoms with E-state index < -0.39 is 10.0 Å². The molecule has 0 amide bonds. The third kappa shape index (κ3) is 4.29. The fourth-order valence-corrected chi connectivity index (χ4v) is 2.86. The summed E-state index contributed by atoms with van der Waals surface area (Å²) >= 11 is 0. The van der Waals surface area contributed by atoms with Crippen molar-refractivity contribution in [3.8, 4) is 0 Å². The summed E-state index contributed by atoms with van der Waals surface area (Å²) in [5, 5.41) is 7.34. The third-order valence-electron chi connectivity index (χ3n) is 2.96. The molecule has 0 saturated heterocycles. The summed E-state index contributed by atoms with van der Waals surface area (Å²) in [4.78, 5) is 0.249. The number of hydrogen-bond donors (Lipinski definition) is 1. The van der Waals surface area contributed by atoms with Crippen molar-refractivity contribution in [2.75, 3.05) is 20.1 Å². The van der Waals surface area contributed by atoms with Crippen LogP contribution in [0.1, 0.15) is 27.2 Å². The largest absolute Gasteiger partial charge is 0.315 e. The van der Waals surface area contributed by atoms with Gasteiger partial charge in [0.15, 0.2) is 0 Å². The molecule has 6 nitrogen and oxygen atoms in total. The van der Waals surface area contributed by atoms with Crippen molar-refractivity contribution < 1.29 is 8.42 Å². The van der Waals surface area contributed by atoms with Crippen molar-refractivity contribution in [2.45, 2.75) is 44.7 Å². The van der Waals surface area contributed by atoms with E-state index >= 15 is 0 Å². The summed E-state index contributed by atoms with van der Waals surface area (Å²) in [6.07, 6.45) is 4.08. The summed E-state index contributed by atoms with van der Waals surface area (Å²) in [7, 11) is -1.84. The molecule has 1 aromatic rings. The minimum Gasteiger partial charge on any atom is -0.315 e. The molecule has 1 rings (SSSR count). The third-order valence-corrected chi connectivity index (χ3v) is 4.94. The highest BCUT2D eigenvalue weighted by Gasteiger charge is 2.24. The molecule has 0 bridgehead atoms. The summed E-state index contributed by atoms with van der Waals surface area (Å²) in [5.41, 5.74) is 0. The molecule has 0 spiro atoms. The topological polar surface area (TPSA) is 67.2 Å². The van der Waals surface area contributed by atoms with Crippen LogP contribution in [0.3, 0.4) is 0 Å². The van der Waals surface area contributed by atoms with Gasteiger partial charge < -0.3 is 5.32 Å². The van der Waals surface area contributed by atoms with Crippen LogP contribution in [-0.4, -0.2) is 48.7 Å². The first-order chi connectivity index (χ1) is 8.89. The molecule has 0 radical (unpaired) electrons. The lowest BCUT2D eigenvalue weighted by Crippen LogP contribution is -2.32. The quantitative estimate of drug-likeness (QED) is 0.722. The van der Waals surface area contributed by atoms with E-state index in [-0.39, 0.29) is 10.9 Å². The van der Waals surface area contributed by atoms with Gasteiger partial charge in [0.25, 0.3) is 0 Å². The fourth-order valence-electron chi connectivity index (χ4n) is 1.54. The van der Waals surface area contributed by atoms with E-state index in [2.05, 4.69) is 17.3 Å². The van der Waals surface area contributed by atoms with Crippen LogP contribution < -0.4 is 5.32 Å². The van der Waals surface area contributed by atoms with Crippen LogP contribution in [-0.2, 0) is 16.6 Å². The van der Waals surface area contributed by atoms with E-state index in [0.717, 1.165) is 19.5 Å². The van der Waals surface area contributed by atoms with Gasteiger partial charge in [0.2, 0.25) is 10.0 Å². The van der Waals surface area contributed by atoms with Crippen molar-refractivity contribution in [1.82, 2.24) is 19.4 Å². The van der Waals surface area contributed by atoms with Gasteiger partial charge in [0.05, 0.1) is 12.7 Å². The van der Waals surface area contributed by atoms with E-state index in [9.17, 15) is 8.42 Å². The highest BCUT2D eigenvalue weighted by molar-refractivity contribution is 7.89. The second kappa shape index (κ2) is 7.02. The van der Waals surface area contributed by atoms with Crippen LogP contribution in [0.4, 0.5) is 0 Å². The molecular weight excluding hydrogens is 264 g/mol. The Morgan fingerprint density at radius 1 is 1.42 bits per heavy atom. The van der Waals surface area contributed by atoms with E-state index in [0.29, 0.717) is 6.54 Å². The van der Waals surface area contributed by atoms with Gasteiger partial charge in [-0.3, -0.25) is 4.68 Å². The molecular formula is C12H24N4O2S. The molecule has 0 aliphatic carbocycles. The van der Waals surface area contributed by atoms with Crippen molar-refractivity contribution in [2.24, 2.45) is 0 Å². The summed E-state index contributed by atoms with van der Waals surface area (Å²) in [5.74, 6) is 0. The van der Waals surface area contributed by atoms with Crippen LogP contribution in [0.5, 0.6) is 0 Å². The molecule has 0 unspecified atom stereocenters. The lowest BCUT2D eigenvalue weighted by Gasteiger charge is -2.19. The predicted molar refractivity (Wildman–Crippen MR) is 75.5 cm³/mol. The highest BCUT2D eigenvalue weighted by atomic mass is 32.2. The number of nitrogens with zero attached hydrogens (tertiary/aromatic N) is 3. The van der Waals surface area contributed by atoms with Crippen LogP contribution >= 0.6 is 0 Å². The van der Waals surface area contributed by atoms with Crippen LogP contribution in [0.25, 0.3) is 0 Å². The lowest BCUT2D eigenvalue weighted by atomic mass is 10.4. The second-order valence-electron chi connectivity index (χ2n) is 4.80. The standard InChI is InChI=1S/C12H24N4O2S/c1-5-6-13-7-8-16-10-12(9-14-16)19(17,18)15(4)11(2)3/h9-11,13H,5-8H2,1-4H3. The van der Waals surface area contributed by atoms with E-state index in [1.807, 2.05) is 13.8 Å². The number of nitrogens with one attached hydrogen (secondary N) is 1. The zero-order chi connectivity index (χ0) is 14.5. The maximum Gasteiger partial charge on any atom is 0.246 e. The Morgan fingerprint density at radius 3 is 2.68 bits per heavy atom. The van der Waals surface area contributed by atoms with Crippen molar-refractivity contribution in [1.29, 1.82) is 0 Å². The summed E-state index contributed by atoms with van der Waals surface area (Å²) in [6, 6.07) is -0.0698. The molecule has 19 heavy (non-hydrogen) atoms. The molecule has 0 atom stereocenters. The van der Waals surface area contributed by atoms with Crippen LogP contribution in [0.2, 0.25) is 0 Å². The summed E-state index contributed by atoms with van der Waals surface area (Å²) in [6.45, 7) is 8.21. The molecule has 1 N–H and O–H groups in total. The monoisotopic (exact) mass is 288 g/mol. The molecule has 1 aromatic heterocycles. The van der Waals surface area contributed by atoms with Crippen LogP contribution in [0.15, 0.2) is 17.3 Å². The van der Waals surface area contributed by atoms with Gasteiger partial charge in [-0.25, -0.2) is 8.42 Å². The van der Waals surface area contributed by atoms with Gasteiger partial charge in [-0.05, 0) is 26.8 Å². The van der Waals surface area contributed by atoms with Gasteiger partial charge >= 0.3 is 0 Å². The molecule has 110 valence electrons. The van der Waals surface area contributed by atoms with Crippen molar-refractivity contribution in [3.63, 3.8) is 0 Å². The highest BCUT2D eigenvalue weighted by Crippen LogP contribution is 2.15. The van der Waals surface area contributed by atoms with Gasteiger partial charge in [-0.15, -0.1) is 0 Å². The Morgan fingerprint density at radius 2 is 2.11 bits per heavy atom. The maximum absolute atomic E-state index is 12.2. The molecule has 1 heterocycles. The molecule has 0 saturated carbocycles. The first-order valence-corrected chi connectivity index (χ1v) is 8.04. The Hall–Kier alpha value is -0.920. The Kier molecular flexibility index (Phi) is 5.96. The van der Waals surface area contributed by atoms with Gasteiger partial charge in [-0.1, -0.05) is 6.92 Å². The van der Waals surface area contributed by atoms with E-state index in [1.165, 1.54) is 10.5 Å². The van der Waals surface area contributed by atoms with Crippen molar-refractivity contribution in [3.05, 3.63) is 12.4 Å². The normalized spacial score (nSPS) is 12.5. The smallest absolute Gasteiger partial charge is 0.246 e. The lowest BCUT2D eigenvalue weighted by molar-refractivity contribution is 0.410. The molecule has 0 aromatic carbocycles. The number of aromatic nitrogens is 2. The SMILES string of the molecule is CCCNCCn1cc(S(=O)(=O)N(C)C(C)C)cn1. The van der Waals surface area contributed by atoms with Crippen molar-refractivity contribution >= 4 is 10.0 Å². The Bertz CT molecular complexity index is 482. The average molecular weight is 288 g/mol. The number of sulfonamides is 1. The fraction of sp³-hybridized carbons (Fsp3) is 0.750. The zero-order valence-electron chi connectivity index (χ0n) is 12.1. The van der Waals surface area contributed by atoms with Crippen LogP contribution in [0, 0.1) is 0 Å². The maximum atomic E-state index is 12.2. The number of hydrogen-bond acceptors (Lipinski definition) is 4. The molecule has 0 aliphatic rings. The second-order valence-corrected chi connectivity index (χ2v) is 6.80. The molecule has 7 heteroatoms. The first-order valence-electron chi connectivity index (χ1n) is 6.60. The first kappa shape index (κ1) is 16.1. The average Bonchev–Trinajstić information content (AvgIpc) is 2.83. The summed E-state index contributed by atoms with van der Waals surface area (Å²) < 4.78 is 27.4. The minimum atomic E-state index is -3.42. The van der Waals surface area contributed by atoms with Gasteiger partial charge in [0.1, 0.15) is 4.90 Å². The minimum absolute atomic E-state index is 0.0698. The number of rotatable bonds is 8. The van der Waals surface area contributed by atoms with Gasteiger partial charge in [0, 0.05) is 25.8 Å². The van der Waals surface area contributed by atoms with E-state index in [1.54, 1.807) is 17.9 Å². The van der Waals surface area contributed by atoms with Gasteiger partial charge in [-0.2, -0.15) is 9.40 Å².